The van der Waals surface area contributed by atoms with E-state index in [4.69, 9.17) is 4.74 Å². The Morgan fingerprint density at radius 1 is 1.09 bits per heavy atom. The minimum atomic E-state index is -1.02. The van der Waals surface area contributed by atoms with Crippen LogP contribution in [0, 0.1) is 6.92 Å². The Kier molecular flexibility index (Phi) is 6.67. The maximum absolute atomic E-state index is 12.1. The maximum Gasteiger partial charge on any atom is 0.341 e. The third-order valence-corrected chi connectivity index (χ3v) is 5.76. The second-order valence-corrected chi connectivity index (χ2v) is 8.35. The van der Waals surface area contributed by atoms with Crippen molar-refractivity contribution >= 4 is 5.97 Å². The number of aryl methyl sites for hydroxylation is 1. The number of aromatic nitrogens is 5. The Balaban J connectivity index is 1.63. The molecule has 0 radical (unpaired) electrons. The van der Waals surface area contributed by atoms with Gasteiger partial charge in [0.15, 0.2) is 0 Å². The smallest absolute Gasteiger partial charge is 0.341 e. The molecule has 2 heterocycles. The molecule has 2 aromatic heterocycles. The number of hydrogen-bond acceptors (Lipinski definition) is 6. The van der Waals surface area contributed by atoms with Gasteiger partial charge >= 0.3 is 5.97 Å². The van der Waals surface area contributed by atoms with E-state index in [1.165, 1.54) is 0 Å². The number of carbonyl (C=O) groups is 1. The van der Waals surface area contributed by atoms with E-state index in [-0.39, 0.29) is 18.1 Å². The molecule has 0 fully saturated rings. The number of H-pyrrole nitrogens is 1. The van der Waals surface area contributed by atoms with Gasteiger partial charge in [-0.1, -0.05) is 69.3 Å². The summed E-state index contributed by atoms with van der Waals surface area (Å²) < 4.78 is 6.15. The summed E-state index contributed by atoms with van der Waals surface area (Å²) in [7, 11) is 0. The molecule has 2 N–H and O–H groups in total. The topological polar surface area (TPSA) is 114 Å². The van der Waals surface area contributed by atoms with E-state index in [0.29, 0.717) is 23.7 Å². The van der Waals surface area contributed by atoms with Crippen molar-refractivity contribution in [2.75, 3.05) is 0 Å². The number of aromatic amines is 1. The molecule has 4 aromatic rings. The highest BCUT2D eigenvalue weighted by molar-refractivity contribution is 5.93. The van der Waals surface area contributed by atoms with E-state index in [1.807, 2.05) is 76.2 Å². The van der Waals surface area contributed by atoms with Crippen LogP contribution in [0.25, 0.3) is 22.5 Å². The van der Waals surface area contributed by atoms with Crippen LogP contribution in [-0.4, -0.2) is 36.7 Å². The molecule has 0 spiro atoms. The summed E-state index contributed by atoms with van der Waals surface area (Å²) in [5.74, 6) is -0.103. The van der Waals surface area contributed by atoms with Crippen molar-refractivity contribution in [1.29, 1.82) is 0 Å². The van der Waals surface area contributed by atoms with Gasteiger partial charge in [0.25, 0.3) is 0 Å². The van der Waals surface area contributed by atoms with Crippen molar-refractivity contribution in [3.63, 3.8) is 0 Å². The number of ether oxygens (including phenoxy) is 1. The van der Waals surface area contributed by atoms with Crippen molar-refractivity contribution in [2.45, 2.75) is 46.6 Å². The molecule has 0 unspecified atom stereocenters. The van der Waals surface area contributed by atoms with Gasteiger partial charge < -0.3 is 9.84 Å². The molecule has 0 aliphatic rings. The van der Waals surface area contributed by atoms with Crippen LogP contribution in [0.5, 0.6) is 5.75 Å². The fourth-order valence-corrected chi connectivity index (χ4v) is 4.08. The summed E-state index contributed by atoms with van der Waals surface area (Å²) in [5, 5.41) is 24.3. The lowest BCUT2D eigenvalue weighted by Crippen LogP contribution is -2.14. The number of nitrogens with one attached hydrogen (secondary N) is 1. The maximum atomic E-state index is 12.1. The molecule has 0 aliphatic carbocycles. The van der Waals surface area contributed by atoms with E-state index in [1.54, 1.807) is 0 Å². The van der Waals surface area contributed by atoms with Crippen LogP contribution in [0.15, 0.2) is 48.5 Å². The van der Waals surface area contributed by atoms with Gasteiger partial charge in [-0.3, -0.25) is 4.98 Å². The van der Waals surface area contributed by atoms with E-state index in [9.17, 15) is 9.90 Å². The normalized spacial score (nSPS) is 11.1. The number of pyridine rings is 1. The highest BCUT2D eigenvalue weighted by Gasteiger charge is 2.25. The average molecular weight is 458 g/mol. The van der Waals surface area contributed by atoms with Gasteiger partial charge in [0.2, 0.25) is 5.82 Å². The molecule has 0 saturated heterocycles. The SMILES string of the molecule is CCc1c(C)nc(C(C)C)c(C(=O)O)c1OCc1ccc(-c2ccccc2-c2nn[nH]n2)cc1. The van der Waals surface area contributed by atoms with Crippen LogP contribution >= 0.6 is 0 Å². The molecule has 174 valence electrons. The molecular formula is C26H27N5O3. The second kappa shape index (κ2) is 9.82. The lowest BCUT2D eigenvalue weighted by Gasteiger charge is -2.19. The van der Waals surface area contributed by atoms with Gasteiger partial charge in [0, 0.05) is 16.8 Å². The summed E-state index contributed by atoms with van der Waals surface area (Å²) in [6.07, 6.45) is 0.638. The molecule has 8 nitrogen and oxygen atoms in total. The summed E-state index contributed by atoms with van der Waals surface area (Å²) in [4.78, 5) is 16.7. The van der Waals surface area contributed by atoms with Crippen molar-refractivity contribution in [3.8, 4) is 28.3 Å². The Labute approximate surface area is 198 Å². The Morgan fingerprint density at radius 3 is 2.38 bits per heavy atom. The molecular weight excluding hydrogens is 430 g/mol. The zero-order valence-electron chi connectivity index (χ0n) is 19.7. The number of nitrogens with zero attached hydrogens (tertiary/aromatic N) is 4. The highest BCUT2D eigenvalue weighted by atomic mass is 16.5. The Morgan fingerprint density at radius 2 is 1.79 bits per heavy atom. The summed E-state index contributed by atoms with van der Waals surface area (Å²) in [6, 6.07) is 15.8. The predicted molar refractivity (Wildman–Crippen MR) is 129 cm³/mol. The first-order valence-electron chi connectivity index (χ1n) is 11.2. The third kappa shape index (κ3) is 4.52. The van der Waals surface area contributed by atoms with Crippen molar-refractivity contribution in [1.82, 2.24) is 25.6 Å². The third-order valence-electron chi connectivity index (χ3n) is 5.76. The van der Waals surface area contributed by atoms with Gasteiger partial charge in [-0.15, -0.1) is 10.2 Å². The first kappa shape index (κ1) is 23.1. The van der Waals surface area contributed by atoms with Crippen molar-refractivity contribution in [3.05, 3.63) is 76.6 Å². The summed E-state index contributed by atoms with van der Waals surface area (Å²) in [6.45, 7) is 8.01. The quantitative estimate of drug-likeness (QED) is 0.374. The summed E-state index contributed by atoms with van der Waals surface area (Å²) in [5.41, 5.74) is 6.14. The monoisotopic (exact) mass is 457 g/mol. The molecule has 0 amide bonds. The molecule has 8 heteroatoms. The minimum absolute atomic E-state index is 0.0309. The van der Waals surface area contributed by atoms with Crippen LogP contribution in [0.4, 0.5) is 0 Å². The van der Waals surface area contributed by atoms with E-state index in [0.717, 1.165) is 33.5 Å². The molecule has 2 aromatic carbocycles. The van der Waals surface area contributed by atoms with Crippen LogP contribution in [0.1, 0.15) is 59.6 Å². The number of carboxylic acid groups (broad SMARTS) is 1. The van der Waals surface area contributed by atoms with Gasteiger partial charge in [-0.05, 0) is 41.2 Å². The molecule has 0 aliphatic heterocycles. The van der Waals surface area contributed by atoms with Gasteiger partial charge in [-0.2, -0.15) is 5.21 Å². The number of carboxylic acids is 1. The van der Waals surface area contributed by atoms with Crippen molar-refractivity contribution in [2.24, 2.45) is 0 Å². The number of aromatic carboxylic acids is 1. The molecule has 34 heavy (non-hydrogen) atoms. The van der Waals surface area contributed by atoms with E-state index in [2.05, 4.69) is 25.6 Å². The first-order valence-corrected chi connectivity index (χ1v) is 11.2. The number of benzene rings is 2. The largest absolute Gasteiger partial charge is 0.488 e. The number of rotatable bonds is 8. The van der Waals surface area contributed by atoms with Crippen LogP contribution in [-0.2, 0) is 13.0 Å². The zero-order chi connectivity index (χ0) is 24.2. The van der Waals surface area contributed by atoms with Crippen LogP contribution < -0.4 is 4.74 Å². The lowest BCUT2D eigenvalue weighted by molar-refractivity contribution is 0.0689. The molecule has 0 saturated carbocycles. The predicted octanol–water partition coefficient (Wildman–Crippen LogP) is 5.20. The second-order valence-electron chi connectivity index (χ2n) is 8.35. The average Bonchev–Trinajstić information content (AvgIpc) is 3.37. The summed E-state index contributed by atoms with van der Waals surface area (Å²) >= 11 is 0. The van der Waals surface area contributed by atoms with Gasteiger partial charge in [-0.25, -0.2) is 4.79 Å². The minimum Gasteiger partial charge on any atom is -0.488 e. The van der Waals surface area contributed by atoms with E-state index >= 15 is 0 Å². The first-order chi connectivity index (χ1) is 16.4. The standard InChI is InChI=1S/C26H27N5O3/c1-5-19-16(4)27-23(15(2)3)22(26(32)33)24(19)34-14-17-10-12-18(13-11-17)20-8-6-7-9-21(20)25-28-30-31-29-25/h6-13,15H,5,14H2,1-4H3,(H,32,33)(H,28,29,30,31). The van der Waals surface area contributed by atoms with Gasteiger partial charge in [0.05, 0.1) is 5.69 Å². The highest BCUT2D eigenvalue weighted by Crippen LogP contribution is 2.34. The fourth-order valence-electron chi connectivity index (χ4n) is 4.08. The molecule has 0 bridgehead atoms. The Bertz CT molecular complexity index is 1300. The fraction of sp³-hybridized carbons (Fsp3) is 0.269. The van der Waals surface area contributed by atoms with E-state index < -0.39 is 5.97 Å². The molecule has 0 atom stereocenters. The lowest BCUT2D eigenvalue weighted by atomic mass is 9.97. The van der Waals surface area contributed by atoms with Crippen molar-refractivity contribution < 1.29 is 14.6 Å². The zero-order valence-corrected chi connectivity index (χ0v) is 19.7. The Hall–Kier alpha value is -4.07. The number of tetrazole rings is 1. The molecule has 4 rings (SSSR count). The van der Waals surface area contributed by atoms with Crippen LogP contribution in [0.3, 0.4) is 0 Å². The number of hydrogen-bond donors (Lipinski definition) is 2. The van der Waals surface area contributed by atoms with Gasteiger partial charge in [0.1, 0.15) is 17.9 Å². The van der Waals surface area contributed by atoms with Crippen LogP contribution in [0.2, 0.25) is 0 Å².